The van der Waals surface area contributed by atoms with Crippen molar-refractivity contribution >= 4 is 22.7 Å². The molecule has 0 aliphatic rings. The second-order valence-corrected chi connectivity index (χ2v) is 5.83. The number of phenols is 2. The van der Waals surface area contributed by atoms with E-state index in [1.807, 2.05) is 50.2 Å². The molecule has 6 nitrogen and oxygen atoms in total. The molecule has 0 spiro atoms. The molecule has 0 aromatic heterocycles. The number of aromatic hydroxyl groups is 2. The van der Waals surface area contributed by atoms with Crippen LogP contribution in [0.2, 0.25) is 0 Å². The fourth-order valence-corrected chi connectivity index (χ4v) is 2.37. The number of hydrogen-bond acceptors (Lipinski definition) is 6. The van der Waals surface area contributed by atoms with Crippen LogP contribution in [0.5, 0.6) is 11.5 Å². The lowest BCUT2D eigenvalue weighted by atomic mass is 10.1. The Hall–Kier alpha value is -3.54. The first-order chi connectivity index (χ1) is 12.5. The number of aryl methyl sites for hydroxylation is 2. The van der Waals surface area contributed by atoms with Gasteiger partial charge in [-0.15, -0.1) is 10.2 Å². The lowest BCUT2D eigenvalue weighted by molar-refractivity contribution is 0.453. The highest BCUT2D eigenvalue weighted by Crippen LogP contribution is 2.44. The molecule has 3 aromatic rings. The molecule has 0 fully saturated rings. The van der Waals surface area contributed by atoms with Gasteiger partial charge in [-0.2, -0.15) is 10.2 Å². The minimum atomic E-state index is -0.279. The molecule has 0 atom stereocenters. The van der Waals surface area contributed by atoms with Gasteiger partial charge < -0.3 is 10.2 Å². The minimum Gasteiger partial charge on any atom is -0.505 e. The van der Waals surface area contributed by atoms with Crippen molar-refractivity contribution in [1.29, 1.82) is 0 Å². The lowest BCUT2D eigenvalue weighted by Crippen LogP contribution is -1.77. The van der Waals surface area contributed by atoms with Gasteiger partial charge in [-0.25, -0.2) is 0 Å². The maximum Gasteiger partial charge on any atom is 0.174 e. The van der Waals surface area contributed by atoms with Gasteiger partial charge in [0.2, 0.25) is 0 Å². The molecule has 0 aliphatic carbocycles. The van der Waals surface area contributed by atoms with Crippen molar-refractivity contribution in [3.63, 3.8) is 0 Å². The molecule has 0 radical (unpaired) electrons. The van der Waals surface area contributed by atoms with Gasteiger partial charge in [0.15, 0.2) is 11.4 Å². The standard InChI is InChI=1S/C20H18N4O2/c1-13-8-9-16(14(2)12-13)22-24-19-18(25)11-10-17(20(19)26)23-21-15-6-4-3-5-7-15/h3-12,25-26H,1-2H3. The highest BCUT2D eigenvalue weighted by atomic mass is 16.3. The van der Waals surface area contributed by atoms with Crippen LogP contribution in [0, 0.1) is 13.8 Å². The summed E-state index contributed by atoms with van der Waals surface area (Å²) >= 11 is 0. The summed E-state index contributed by atoms with van der Waals surface area (Å²) in [7, 11) is 0. The van der Waals surface area contributed by atoms with Crippen molar-refractivity contribution < 1.29 is 10.2 Å². The van der Waals surface area contributed by atoms with Crippen LogP contribution in [0.3, 0.4) is 0 Å². The van der Waals surface area contributed by atoms with Crippen molar-refractivity contribution in [3.05, 3.63) is 71.8 Å². The zero-order chi connectivity index (χ0) is 18.5. The summed E-state index contributed by atoms with van der Waals surface area (Å²) in [5.41, 5.74) is 3.53. The number of benzene rings is 3. The van der Waals surface area contributed by atoms with E-state index < -0.39 is 0 Å². The van der Waals surface area contributed by atoms with Gasteiger partial charge in [-0.1, -0.05) is 35.9 Å². The molecule has 2 N–H and O–H groups in total. The molecule has 3 rings (SSSR count). The number of nitrogens with zero attached hydrogens (tertiary/aromatic N) is 4. The summed E-state index contributed by atoms with van der Waals surface area (Å²) in [6.07, 6.45) is 0. The van der Waals surface area contributed by atoms with Gasteiger partial charge >= 0.3 is 0 Å². The third-order valence-electron chi connectivity index (χ3n) is 3.75. The Balaban J connectivity index is 1.92. The van der Waals surface area contributed by atoms with Crippen molar-refractivity contribution in [2.24, 2.45) is 20.5 Å². The largest absolute Gasteiger partial charge is 0.505 e. The molecule has 130 valence electrons. The van der Waals surface area contributed by atoms with E-state index in [0.29, 0.717) is 11.4 Å². The molecular weight excluding hydrogens is 328 g/mol. The smallest absolute Gasteiger partial charge is 0.174 e. The maximum atomic E-state index is 10.4. The minimum absolute atomic E-state index is 0.0468. The molecule has 6 heteroatoms. The predicted octanol–water partition coefficient (Wildman–Crippen LogP) is 6.55. The predicted molar refractivity (Wildman–Crippen MR) is 100 cm³/mol. The van der Waals surface area contributed by atoms with Gasteiger partial charge in [-0.05, 0) is 49.7 Å². The summed E-state index contributed by atoms with van der Waals surface area (Å²) in [5, 5.41) is 36.6. The van der Waals surface area contributed by atoms with Crippen LogP contribution in [-0.2, 0) is 0 Å². The molecule has 0 saturated carbocycles. The Bertz CT molecular complexity index is 983. The Labute approximate surface area is 151 Å². The van der Waals surface area contributed by atoms with Gasteiger partial charge in [0.1, 0.15) is 11.4 Å². The van der Waals surface area contributed by atoms with Crippen LogP contribution in [0.1, 0.15) is 11.1 Å². The average Bonchev–Trinajstić information content (AvgIpc) is 2.63. The fraction of sp³-hybridized carbons (Fsp3) is 0.100. The molecule has 0 unspecified atom stereocenters. The van der Waals surface area contributed by atoms with Crippen LogP contribution < -0.4 is 0 Å². The third kappa shape index (κ3) is 3.92. The summed E-state index contributed by atoms with van der Waals surface area (Å²) in [6.45, 7) is 3.92. The van der Waals surface area contributed by atoms with Crippen molar-refractivity contribution in [3.8, 4) is 11.5 Å². The quantitative estimate of drug-likeness (QED) is 0.525. The van der Waals surface area contributed by atoms with Crippen molar-refractivity contribution in [1.82, 2.24) is 0 Å². The third-order valence-corrected chi connectivity index (χ3v) is 3.75. The number of hydrogen-bond donors (Lipinski definition) is 2. The fourth-order valence-electron chi connectivity index (χ4n) is 2.37. The molecule has 0 heterocycles. The highest BCUT2D eigenvalue weighted by molar-refractivity contribution is 5.71. The van der Waals surface area contributed by atoms with E-state index >= 15 is 0 Å². The summed E-state index contributed by atoms with van der Waals surface area (Å²) in [6, 6.07) is 17.8. The van der Waals surface area contributed by atoms with Gasteiger partial charge in [0.25, 0.3) is 0 Å². The van der Waals surface area contributed by atoms with E-state index in [2.05, 4.69) is 20.5 Å². The first-order valence-electron chi connectivity index (χ1n) is 8.05. The topological polar surface area (TPSA) is 89.9 Å². The molecule has 0 amide bonds. The second-order valence-electron chi connectivity index (χ2n) is 5.83. The van der Waals surface area contributed by atoms with Crippen LogP contribution in [0.4, 0.5) is 22.7 Å². The van der Waals surface area contributed by atoms with Gasteiger partial charge in [0.05, 0.1) is 11.4 Å². The summed E-state index contributed by atoms with van der Waals surface area (Å²) < 4.78 is 0. The SMILES string of the molecule is Cc1ccc(N=Nc2c(O)ccc(N=Nc3ccccc3)c2O)c(C)c1. The summed E-state index contributed by atoms with van der Waals surface area (Å²) in [5.74, 6) is -0.465. The number of rotatable bonds is 4. The van der Waals surface area contributed by atoms with E-state index in [1.165, 1.54) is 12.1 Å². The normalized spacial score (nSPS) is 11.5. The van der Waals surface area contributed by atoms with E-state index in [1.54, 1.807) is 12.1 Å². The molecule has 0 aliphatic heterocycles. The zero-order valence-electron chi connectivity index (χ0n) is 14.5. The van der Waals surface area contributed by atoms with Crippen LogP contribution in [0.25, 0.3) is 0 Å². The number of azo groups is 2. The van der Waals surface area contributed by atoms with Crippen molar-refractivity contribution in [2.75, 3.05) is 0 Å². The molecule has 26 heavy (non-hydrogen) atoms. The molecule has 3 aromatic carbocycles. The molecular formula is C20H18N4O2. The van der Waals surface area contributed by atoms with Crippen LogP contribution >= 0.6 is 0 Å². The Morgan fingerprint density at radius 1 is 0.692 bits per heavy atom. The van der Waals surface area contributed by atoms with E-state index in [-0.39, 0.29) is 22.9 Å². The zero-order valence-corrected chi connectivity index (χ0v) is 14.5. The monoisotopic (exact) mass is 346 g/mol. The lowest BCUT2D eigenvalue weighted by Gasteiger charge is -2.04. The summed E-state index contributed by atoms with van der Waals surface area (Å²) in [4.78, 5) is 0. The first kappa shape index (κ1) is 17.3. The van der Waals surface area contributed by atoms with Crippen molar-refractivity contribution in [2.45, 2.75) is 13.8 Å². The maximum absolute atomic E-state index is 10.4. The van der Waals surface area contributed by atoms with Gasteiger partial charge in [0, 0.05) is 0 Å². The molecule has 0 bridgehead atoms. The first-order valence-corrected chi connectivity index (χ1v) is 8.05. The van der Waals surface area contributed by atoms with E-state index in [9.17, 15) is 10.2 Å². The second kappa shape index (κ2) is 7.57. The van der Waals surface area contributed by atoms with E-state index in [4.69, 9.17) is 0 Å². The highest BCUT2D eigenvalue weighted by Gasteiger charge is 2.12. The van der Waals surface area contributed by atoms with Gasteiger partial charge in [-0.3, -0.25) is 0 Å². The Kier molecular flexibility index (Phi) is 5.03. The number of phenolic OH excluding ortho intramolecular Hbond substituents is 2. The Morgan fingerprint density at radius 2 is 1.38 bits per heavy atom. The van der Waals surface area contributed by atoms with Crippen LogP contribution in [0.15, 0.2) is 81.1 Å². The van der Waals surface area contributed by atoms with E-state index in [0.717, 1.165) is 11.1 Å². The Morgan fingerprint density at radius 3 is 2.12 bits per heavy atom. The molecule has 0 saturated heterocycles. The van der Waals surface area contributed by atoms with Crippen LogP contribution in [-0.4, -0.2) is 10.2 Å². The average molecular weight is 346 g/mol.